The van der Waals surface area contributed by atoms with E-state index < -0.39 is 0 Å². The van der Waals surface area contributed by atoms with Crippen molar-refractivity contribution < 1.29 is 0 Å². The molecule has 0 bridgehead atoms. The Hall–Kier alpha value is -1.49. The molecule has 5 heteroatoms. The summed E-state index contributed by atoms with van der Waals surface area (Å²) in [5, 5.41) is 7.24. The number of hydrogen-bond acceptors (Lipinski definition) is 4. The molecule has 0 aromatic carbocycles. The van der Waals surface area contributed by atoms with Crippen molar-refractivity contribution in [2.75, 3.05) is 0 Å². The quantitative estimate of drug-likeness (QED) is 0.577. The highest BCUT2D eigenvalue weighted by molar-refractivity contribution is 5.49. The van der Waals surface area contributed by atoms with Crippen molar-refractivity contribution in [2.45, 2.75) is 13.1 Å². The van der Waals surface area contributed by atoms with Crippen LogP contribution in [0.15, 0.2) is 12.7 Å². The maximum atomic E-state index is 4.26. The fourth-order valence-electron chi connectivity index (χ4n) is 1.52. The SMILES string of the molecule is c1nc2c3c(ncn2n1)CNC3. The summed E-state index contributed by atoms with van der Waals surface area (Å²) in [4.78, 5) is 8.42. The standard InChI is InChI=1S/C7H7N5/c1-5-6(2-8-1)10-4-12-7(5)9-3-11-12/h3-4,8H,1-2H2. The molecule has 0 saturated heterocycles. The fraction of sp³-hybridized carbons (Fsp3) is 0.286. The molecule has 0 fully saturated rings. The minimum Gasteiger partial charge on any atom is -0.307 e. The number of hydrogen-bond donors (Lipinski definition) is 1. The van der Waals surface area contributed by atoms with Gasteiger partial charge >= 0.3 is 0 Å². The van der Waals surface area contributed by atoms with Gasteiger partial charge in [-0.05, 0) is 0 Å². The Kier molecular flexibility index (Phi) is 1.02. The predicted octanol–water partition coefficient (Wildman–Crippen LogP) is -0.273. The lowest BCUT2D eigenvalue weighted by Gasteiger charge is -1.96. The molecule has 0 saturated carbocycles. The second kappa shape index (κ2) is 2.01. The molecule has 3 heterocycles. The Morgan fingerprint density at radius 2 is 2.33 bits per heavy atom. The third-order valence-electron chi connectivity index (χ3n) is 2.11. The first-order valence-corrected chi connectivity index (χ1v) is 3.82. The van der Waals surface area contributed by atoms with E-state index in [9.17, 15) is 0 Å². The first-order valence-electron chi connectivity index (χ1n) is 3.82. The van der Waals surface area contributed by atoms with E-state index in [1.54, 1.807) is 17.2 Å². The summed E-state index contributed by atoms with van der Waals surface area (Å²) in [7, 11) is 0. The zero-order valence-corrected chi connectivity index (χ0v) is 6.36. The molecule has 12 heavy (non-hydrogen) atoms. The van der Waals surface area contributed by atoms with Crippen molar-refractivity contribution in [2.24, 2.45) is 0 Å². The second-order valence-corrected chi connectivity index (χ2v) is 2.80. The zero-order valence-electron chi connectivity index (χ0n) is 6.36. The van der Waals surface area contributed by atoms with Gasteiger partial charge in [0.1, 0.15) is 12.7 Å². The van der Waals surface area contributed by atoms with Crippen LogP contribution in [-0.4, -0.2) is 19.6 Å². The Balaban J connectivity index is 2.46. The number of aromatic nitrogens is 4. The molecule has 0 unspecified atom stereocenters. The molecule has 0 amide bonds. The van der Waals surface area contributed by atoms with E-state index in [2.05, 4.69) is 20.4 Å². The molecule has 1 aliphatic heterocycles. The predicted molar refractivity (Wildman–Crippen MR) is 41.3 cm³/mol. The molecule has 0 radical (unpaired) electrons. The summed E-state index contributed by atoms with van der Waals surface area (Å²) >= 11 is 0. The van der Waals surface area contributed by atoms with Crippen LogP contribution < -0.4 is 5.32 Å². The summed E-state index contributed by atoms with van der Waals surface area (Å²) < 4.78 is 1.70. The van der Waals surface area contributed by atoms with E-state index in [0.29, 0.717) is 0 Å². The van der Waals surface area contributed by atoms with Crippen LogP contribution in [0, 0.1) is 0 Å². The van der Waals surface area contributed by atoms with E-state index in [4.69, 9.17) is 0 Å². The smallest absolute Gasteiger partial charge is 0.163 e. The Morgan fingerprint density at radius 1 is 1.33 bits per heavy atom. The van der Waals surface area contributed by atoms with Crippen LogP contribution in [0.25, 0.3) is 5.65 Å². The van der Waals surface area contributed by atoms with Crippen molar-refractivity contribution in [1.82, 2.24) is 24.9 Å². The summed E-state index contributed by atoms with van der Waals surface area (Å²) in [5.41, 5.74) is 3.19. The van der Waals surface area contributed by atoms with Crippen LogP contribution in [0.5, 0.6) is 0 Å². The highest BCUT2D eigenvalue weighted by Gasteiger charge is 2.15. The summed E-state index contributed by atoms with van der Waals surface area (Å²) in [6.45, 7) is 1.70. The number of rotatable bonds is 0. The van der Waals surface area contributed by atoms with Gasteiger partial charge in [0.15, 0.2) is 5.65 Å². The molecule has 2 aromatic rings. The molecule has 1 aliphatic rings. The molecule has 60 valence electrons. The van der Waals surface area contributed by atoms with E-state index >= 15 is 0 Å². The van der Waals surface area contributed by atoms with Crippen molar-refractivity contribution in [3.63, 3.8) is 0 Å². The van der Waals surface area contributed by atoms with Crippen LogP contribution in [0.4, 0.5) is 0 Å². The van der Waals surface area contributed by atoms with Crippen molar-refractivity contribution >= 4 is 5.65 Å². The van der Waals surface area contributed by atoms with Crippen molar-refractivity contribution in [3.05, 3.63) is 23.9 Å². The van der Waals surface area contributed by atoms with Crippen molar-refractivity contribution in [1.29, 1.82) is 0 Å². The zero-order chi connectivity index (χ0) is 7.97. The molecular weight excluding hydrogens is 154 g/mol. The van der Waals surface area contributed by atoms with Crippen LogP contribution in [-0.2, 0) is 13.1 Å². The highest BCUT2D eigenvalue weighted by atomic mass is 15.3. The van der Waals surface area contributed by atoms with Crippen LogP contribution >= 0.6 is 0 Å². The number of nitrogens with zero attached hydrogens (tertiary/aromatic N) is 4. The Morgan fingerprint density at radius 3 is 3.33 bits per heavy atom. The normalized spacial score (nSPS) is 15.3. The fourth-order valence-corrected chi connectivity index (χ4v) is 1.52. The van der Waals surface area contributed by atoms with Crippen LogP contribution in [0.3, 0.4) is 0 Å². The second-order valence-electron chi connectivity index (χ2n) is 2.80. The van der Waals surface area contributed by atoms with Gasteiger partial charge in [0.05, 0.1) is 5.69 Å². The lowest BCUT2D eigenvalue weighted by Crippen LogP contribution is -2.00. The Bertz CT molecular complexity index is 432. The monoisotopic (exact) mass is 161 g/mol. The van der Waals surface area contributed by atoms with Gasteiger partial charge < -0.3 is 5.32 Å². The minimum absolute atomic E-state index is 0.846. The van der Waals surface area contributed by atoms with Gasteiger partial charge in [-0.2, -0.15) is 5.10 Å². The maximum Gasteiger partial charge on any atom is 0.163 e. The Labute approximate surface area is 68.5 Å². The van der Waals surface area contributed by atoms with Gasteiger partial charge in [-0.15, -0.1) is 0 Å². The third-order valence-corrected chi connectivity index (χ3v) is 2.11. The lowest BCUT2D eigenvalue weighted by molar-refractivity contribution is 0.758. The van der Waals surface area contributed by atoms with E-state index in [0.717, 1.165) is 24.4 Å². The van der Waals surface area contributed by atoms with Crippen molar-refractivity contribution in [3.8, 4) is 0 Å². The number of fused-ring (bicyclic) bond motifs is 3. The molecule has 0 spiro atoms. The van der Waals surface area contributed by atoms with Gasteiger partial charge in [0.25, 0.3) is 0 Å². The average Bonchev–Trinajstić information content (AvgIpc) is 2.71. The van der Waals surface area contributed by atoms with Gasteiger partial charge in [0, 0.05) is 18.7 Å². The van der Waals surface area contributed by atoms with Gasteiger partial charge in [-0.25, -0.2) is 14.5 Å². The minimum atomic E-state index is 0.846. The van der Waals surface area contributed by atoms with Crippen LogP contribution in [0.1, 0.15) is 11.3 Å². The molecule has 3 rings (SSSR count). The van der Waals surface area contributed by atoms with Crippen LogP contribution in [0.2, 0.25) is 0 Å². The molecule has 5 nitrogen and oxygen atoms in total. The van der Waals surface area contributed by atoms with E-state index in [1.807, 2.05) is 0 Å². The maximum absolute atomic E-state index is 4.26. The summed E-state index contributed by atoms with van der Waals surface area (Å²) in [6, 6.07) is 0. The van der Waals surface area contributed by atoms with E-state index in [1.165, 1.54) is 5.56 Å². The lowest BCUT2D eigenvalue weighted by atomic mass is 10.3. The third kappa shape index (κ3) is 0.634. The summed E-state index contributed by atoms with van der Waals surface area (Å²) in [5.74, 6) is 0. The first kappa shape index (κ1) is 6.07. The van der Waals surface area contributed by atoms with E-state index in [-0.39, 0.29) is 0 Å². The first-order chi connectivity index (χ1) is 5.95. The average molecular weight is 161 g/mol. The molecule has 0 aliphatic carbocycles. The molecule has 1 N–H and O–H groups in total. The van der Waals surface area contributed by atoms with Gasteiger partial charge in [-0.1, -0.05) is 0 Å². The molecule has 2 aromatic heterocycles. The van der Waals surface area contributed by atoms with Gasteiger partial charge in [-0.3, -0.25) is 0 Å². The molecular formula is C7H7N5. The number of nitrogens with one attached hydrogen (secondary N) is 1. The molecule has 0 atom stereocenters. The highest BCUT2D eigenvalue weighted by Crippen LogP contribution is 2.15. The topological polar surface area (TPSA) is 55.1 Å². The summed E-state index contributed by atoms with van der Waals surface area (Å²) in [6.07, 6.45) is 3.25. The largest absolute Gasteiger partial charge is 0.307 e. The van der Waals surface area contributed by atoms with Gasteiger partial charge in [0.2, 0.25) is 0 Å².